The number of para-hydroxylation sites is 1. The molecule has 5 N–H and O–H groups in total. The number of quaternary nitrogens is 1. The van der Waals surface area contributed by atoms with E-state index in [1.165, 1.54) is 0 Å². The Hall–Kier alpha value is -4.06. The van der Waals surface area contributed by atoms with Gasteiger partial charge in [-0.3, -0.25) is 9.59 Å². The van der Waals surface area contributed by atoms with Gasteiger partial charge < -0.3 is 15.4 Å². The van der Waals surface area contributed by atoms with Crippen LogP contribution in [0.4, 0.5) is 16.3 Å². The summed E-state index contributed by atoms with van der Waals surface area (Å²) in [4.78, 5) is 39.4. The fraction of sp³-hybridized carbons (Fsp3) is 0.200. The zero-order chi connectivity index (χ0) is 25.9. The molecule has 0 aliphatic carbocycles. The highest BCUT2D eigenvalue weighted by molar-refractivity contribution is 7.20. The van der Waals surface area contributed by atoms with Crippen molar-refractivity contribution in [2.45, 2.75) is 26.3 Å². The molecule has 0 bridgehead atoms. The number of benzene rings is 2. The lowest BCUT2D eigenvalue weighted by Crippen LogP contribution is -2.74. The Labute approximate surface area is 210 Å². The van der Waals surface area contributed by atoms with Gasteiger partial charge in [-0.1, -0.05) is 42.5 Å². The molecule has 2 heterocycles. The molecule has 0 fully saturated rings. The van der Waals surface area contributed by atoms with Crippen LogP contribution in [0, 0.1) is 0 Å². The second-order valence-corrected chi connectivity index (χ2v) is 9.44. The highest BCUT2D eigenvalue weighted by Gasteiger charge is 2.27. The fourth-order valence-electron chi connectivity index (χ4n) is 3.68. The molecule has 11 heteroatoms. The first-order valence-corrected chi connectivity index (χ1v) is 12.0. The quantitative estimate of drug-likeness (QED) is 0.222. The van der Waals surface area contributed by atoms with E-state index in [2.05, 4.69) is 15.7 Å². The van der Waals surface area contributed by atoms with Gasteiger partial charge in [-0.15, -0.1) is 16.4 Å². The summed E-state index contributed by atoms with van der Waals surface area (Å²) in [6, 6.07) is 17.6. The van der Waals surface area contributed by atoms with Crippen molar-refractivity contribution in [2.24, 2.45) is 0 Å². The van der Waals surface area contributed by atoms with E-state index in [1.54, 1.807) is 37.3 Å². The number of fused-ring (bicyclic) bond motifs is 1. The topological polar surface area (TPSA) is 139 Å². The maximum Gasteiger partial charge on any atom is 0.436 e. The van der Waals surface area contributed by atoms with Crippen molar-refractivity contribution in [2.75, 3.05) is 11.9 Å². The molecule has 0 saturated carbocycles. The SMILES string of the molecule is CCOC(=O)n1nc(NC(=O)c2ccccc2[NH2+]O)c2cc(C(=O)NC(C)(C)c3ccccc3)sc21. The van der Waals surface area contributed by atoms with Crippen LogP contribution in [0.25, 0.3) is 10.2 Å². The number of nitrogens with one attached hydrogen (secondary N) is 2. The number of nitrogens with two attached hydrogens (primary N) is 1. The molecule has 2 aromatic heterocycles. The molecule has 4 aromatic rings. The van der Waals surface area contributed by atoms with Gasteiger partial charge in [0.25, 0.3) is 11.8 Å². The lowest BCUT2D eigenvalue weighted by atomic mass is 9.94. The minimum Gasteiger partial charge on any atom is -0.448 e. The van der Waals surface area contributed by atoms with Gasteiger partial charge in [0.1, 0.15) is 10.4 Å². The number of thiophene rings is 1. The standard InChI is InChI=1S/C25H25N5O5S/c1-4-35-24(33)30-23-17(20(28-30)26-21(31)16-12-8-9-13-18(16)29-34)14-19(36-23)22(32)27-25(2,3)15-10-6-5-7-11-15/h5-14,29,34H,4H2,1-3H3,(H,27,32)(H,26,28,31)/p+1. The lowest BCUT2D eigenvalue weighted by molar-refractivity contribution is -0.825. The molecule has 0 aliphatic heterocycles. The highest BCUT2D eigenvalue weighted by Crippen LogP contribution is 2.33. The van der Waals surface area contributed by atoms with E-state index in [0.29, 0.717) is 20.8 Å². The maximum absolute atomic E-state index is 13.2. The Kier molecular flexibility index (Phi) is 7.15. The molecule has 0 saturated heterocycles. The molecule has 36 heavy (non-hydrogen) atoms. The van der Waals surface area contributed by atoms with E-state index in [1.807, 2.05) is 44.2 Å². The predicted octanol–water partition coefficient (Wildman–Crippen LogP) is 3.60. The Morgan fingerprint density at radius 3 is 2.47 bits per heavy atom. The van der Waals surface area contributed by atoms with Crippen LogP contribution >= 0.6 is 11.3 Å². The maximum atomic E-state index is 13.2. The summed E-state index contributed by atoms with van der Waals surface area (Å²) in [5, 5.41) is 19.8. The summed E-state index contributed by atoms with van der Waals surface area (Å²) in [5.41, 5.74) is 1.66. The zero-order valence-corrected chi connectivity index (χ0v) is 20.8. The van der Waals surface area contributed by atoms with Gasteiger partial charge in [0.05, 0.1) is 22.4 Å². The molecule has 10 nitrogen and oxygen atoms in total. The van der Waals surface area contributed by atoms with E-state index in [4.69, 9.17) is 4.74 Å². The lowest BCUT2D eigenvalue weighted by Gasteiger charge is -2.26. The van der Waals surface area contributed by atoms with Crippen LogP contribution < -0.4 is 16.1 Å². The average molecular weight is 509 g/mol. The molecule has 0 unspecified atom stereocenters. The minimum absolute atomic E-state index is 0.0911. The van der Waals surface area contributed by atoms with Crippen LogP contribution in [0.1, 0.15) is 46.4 Å². The normalized spacial score (nSPS) is 11.3. The molecule has 4 rings (SSSR count). The molecule has 0 aliphatic rings. The summed E-state index contributed by atoms with van der Waals surface area (Å²) in [5.74, 6) is -0.778. The van der Waals surface area contributed by atoms with Crippen molar-refractivity contribution in [3.8, 4) is 0 Å². The second-order valence-electron chi connectivity index (χ2n) is 8.40. The number of carbonyl (C=O) groups excluding carboxylic acids is 3. The predicted molar refractivity (Wildman–Crippen MR) is 135 cm³/mol. The summed E-state index contributed by atoms with van der Waals surface area (Å²) >= 11 is 1.06. The Bertz CT molecular complexity index is 1430. The van der Waals surface area contributed by atoms with Gasteiger partial charge in [-0.2, -0.15) is 10.2 Å². The first kappa shape index (κ1) is 25.0. The van der Waals surface area contributed by atoms with Crippen LogP contribution in [0.3, 0.4) is 0 Å². The number of nitrogens with zero attached hydrogens (tertiary/aromatic N) is 2. The summed E-state index contributed by atoms with van der Waals surface area (Å²) < 4.78 is 6.13. The van der Waals surface area contributed by atoms with Gasteiger partial charge in [0.2, 0.25) is 0 Å². The van der Waals surface area contributed by atoms with Gasteiger partial charge in [0.15, 0.2) is 11.5 Å². The van der Waals surface area contributed by atoms with E-state index in [9.17, 15) is 19.6 Å². The minimum atomic E-state index is -0.731. The van der Waals surface area contributed by atoms with Gasteiger partial charge in [0, 0.05) is 6.07 Å². The number of hydrogen-bond donors (Lipinski definition) is 4. The number of ether oxygens (including phenoxy) is 1. The van der Waals surface area contributed by atoms with E-state index >= 15 is 0 Å². The van der Waals surface area contributed by atoms with Crippen molar-refractivity contribution >= 4 is 51.0 Å². The van der Waals surface area contributed by atoms with Crippen LogP contribution in [0.5, 0.6) is 0 Å². The number of aromatic nitrogens is 2. The zero-order valence-electron chi connectivity index (χ0n) is 19.9. The first-order chi connectivity index (χ1) is 17.2. The molecule has 2 aromatic carbocycles. The molecular formula is C25H26N5O5S+. The van der Waals surface area contributed by atoms with Gasteiger partial charge >= 0.3 is 6.09 Å². The van der Waals surface area contributed by atoms with Crippen molar-refractivity contribution in [1.82, 2.24) is 15.1 Å². The highest BCUT2D eigenvalue weighted by atomic mass is 32.1. The van der Waals surface area contributed by atoms with Crippen molar-refractivity contribution in [3.05, 3.63) is 76.7 Å². The molecular weight excluding hydrogens is 482 g/mol. The van der Waals surface area contributed by atoms with Crippen molar-refractivity contribution in [3.63, 3.8) is 0 Å². The summed E-state index contributed by atoms with van der Waals surface area (Å²) in [7, 11) is 0. The Balaban J connectivity index is 1.69. The fourth-order valence-corrected chi connectivity index (χ4v) is 4.68. The van der Waals surface area contributed by atoms with E-state index < -0.39 is 17.5 Å². The van der Waals surface area contributed by atoms with Gasteiger partial charge in [-0.25, -0.2) is 10.0 Å². The third kappa shape index (κ3) is 4.98. The number of amides is 2. The number of rotatable bonds is 7. The number of hydrogen-bond acceptors (Lipinski definition) is 7. The van der Waals surface area contributed by atoms with E-state index in [-0.39, 0.29) is 23.9 Å². The van der Waals surface area contributed by atoms with Crippen LogP contribution in [0.15, 0.2) is 60.7 Å². The largest absolute Gasteiger partial charge is 0.448 e. The molecule has 2 amide bonds. The van der Waals surface area contributed by atoms with Crippen LogP contribution in [0.2, 0.25) is 0 Å². The average Bonchev–Trinajstić information content (AvgIpc) is 3.45. The van der Waals surface area contributed by atoms with E-state index in [0.717, 1.165) is 27.1 Å². The van der Waals surface area contributed by atoms with Crippen molar-refractivity contribution in [1.29, 1.82) is 0 Å². The molecule has 0 radical (unpaired) electrons. The third-order valence-corrected chi connectivity index (χ3v) is 6.63. The molecule has 0 atom stereocenters. The number of anilines is 1. The monoisotopic (exact) mass is 508 g/mol. The summed E-state index contributed by atoms with van der Waals surface area (Å²) in [6.07, 6.45) is -0.731. The Morgan fingerprint density at radius 2 is 1.78 bits per heavy atom. The molecule has 0 spiro atoms. The smallest absolute Gasteiger partial charge is 0.436 e. The summed E-state index contributed by atoms with van der Waals surface area (Å²) in [6.45, 7) is 5.60. The Morgan fingerprint density at radius 1 is 1.08 bits per heavy atom. The third-order valence-electron chi connectivity index (χ3n) is 5.52. The molecule has 186 valence electrons. The number of carbonyl (C=O) groups is 3. The van der Waals surface area contributed by atoms with Crippen molar-refractivity contribution < 1.29 is 29.8 Å². The first-order valence-electron chi connectivity index (χ1n) is 11.2. The second kappa shape index (κ2) is 10.3. The van der Waals surface area contributed by atoms with Crippen LogP contribution in [-0.4, -0.2) is 39.5 Å². The van der Waals surface area contributed by atoms with Crippen LogP contribution in [-0.2, 0) is 10.3 Å². The van der Waals surface area contributed by atoms with Gasteiger partial charge in [-0.05, 0) is 38.5 Å².